The molecule has 2 aromatic rings. The molecule has 0 aliphatic carbocycles. The summed E-state index contributed by atoms with van der Waals surface area (Å²) in [4.78, 5) is 25.0. The molecule has 1 aromatic heterocycles. The summed E-state index contributed by atoms with van der Waals surface area (Å²) in [7, 11) is 5.78. The van der Waals surface area contributed by atoms with E-state index in [1.54, 1.807) is 12.0 Å². The van der Waals surface area contributed by atoms with E-state index in [0.29, 0.717) is 30.6 Å². The highest BCUT2D eigenvalue weighted by molar-refractivity contribution is 14.1. The Bertz CT molecular complexity index is 961. The number of urea groups is 1. The van der Waals surface area contributed by atoms with Crippen molar-refractivity contribution in [3.63, 3.8) is 0 Å². The lowest BCUT2D eigenvalue weighted by Gasteiger charge is -2.34. The summed E-state index contributed by atoms with van der Waals surface area (Å²) in [6, 6.07) is 4.15. The Balaban J connectivity index is 1.70. The van der Waals surface area contributed by atoms with E-state index in [-0.39, 0.29) is 23.7 Å². The highest BCUT2D eigenvalue weighted by atomic mass is 127. The van der Waals surface area contributed by atoms with Gasteiger partial charge in [-0.25, -0.2) is 9.78 Å². The van der Waals surface area contributed by atoms with E-state index in [0.717, 1.165) is 27.7 Å². The van der Waals surface area contributed by atoms with Gasteiger partial charge in [-0.05, 0) is 67.6 Å². The lowest BCUT2D eigenvalue weighted by Crippen LogP contribution is -2.46. The molecule has 10 heteroatoms. The molecular weight excluding hydrogens is 523 g/mol. The standard InChI is InChI=1S/C22H31IN6O3/c1-13(2)15-10-18(31-5)16(23)11-17(15)32-19-12-25-21(26-20(19)24)27-22(30)29-8-6-14(7-9-29)28(3)4/h10-14H,6-9H2,1-5H3,(H3,24,25,26,27,30). The largest absolute Gasteiger partial charge is 0.496 e. The van der Waals surface area contributed by atoms with Gasteiger partial charge in [0.05, 0.1) is 16.9 Å². The van der Waals surface area contributed by atoms with E-state index >= 15 is 0 Å². The van der Waals surface area contributed by atoms with Crippen LogP contribution in [0, 0.1) is 3.57 Å². The molecule has 1 fully saturated rings. The maximum Gasteiger partial charge on any atom is 0.324 e. The highest BCUT2D eigenvalue weighted by Crippen LogP contribution is 2.37. The van der Waals surface area contributed by atoms with Crippen molar-refractivity contribution < 1.29 is 14.3 Å². The number of piperidine rings is 1. The third-order valence-electron chi connectivity index (χ3n) is 5.61. The minimum atomic E-state index is -0.220. The fraction of sp³-hybridized carbons (Fsp3) is 0.500. The Morgan fingerprint density at radius 2 is 1.94 bits per heavy atom. The van der Waals surface area contributed by atoms with E-state index in [1.165, 1.54) is 6.20 Å². The van der Waals surface area contributed by atoms with Crippen LogP contribution in [-0.4, -0.2) is 66.1 Å². The third kappa shape index (κ3) is 5.71. The van der Waals surface area contributed by atoms with Crippen molar-refractivity contribution in [2.45, 2.75) is 38.6 Å². The van der Waals surface area contributed by atoms with Crippen molar-refractivity contribution >= 4 is 40.4 Å². The first-order chi connectivity index (χ1) is 15.2. The van der Waals surface area contributed by atoms with Crippen LogP contribution in [0.15, 0.2) is 18.3 Å². The highest BCUT2D eigenvalue weighted by Gasteiger charge is 2.24. The van der Waals surface area contributed by atoms with Crippen LogP contribution in [0.4, 0.5) is 16.6 Å². The summed E-state index contributed by atoms with van der Waals surface area (Å²) >= 11 is 2.20. The number of aromatic nitrogens is 2. The molecule has 1 saturated heterocycles. The number of likely N-dealkylation sites (tertiary alicyclic amines) is 1. The van der Waals surface area contributed by atoms with Gasteiger partial charge in [0.25, 0.3) is 0 Å². The van der Waals surface area contributed by atoms with Gasteiger partial charge >= 0.3 is 6.03 Å². The lowest BCUT2D eigenvalue weighted by molar-refractivity contribution is 0.156. The first-order valence-electron chi connectivity index (χ1n) is 10.6. The molecule has 0 atom stereocenters. The molecule has 0 unspecified atom stereocenters. The van der Waals surface area contributed by atoms with Crippen molar-refractivity contribution in [2.75, 3.05) is 45.3 Å². The molecule has 0 saturated carbocycles. The number of rotatable bonds is 6. The topological polar surface area (TPSA) is 106 Å². The quantitative estimate of drug-likeness (QED) is 0.517. The van der Waals surface area contributed by atoms with Crippen LogP contribution >= 0.6 is 22.6 Å². The number of hydrogen-bond donors (Lipinski definition) is 2. The zero-order valence-electron chi connectivity index (χ0n) is 19.2. The molecule has 2 heterocycles. The maximum absolute atomic E-state index is 12.6. The molecule has 3 rings (SSSR count). The molecule has 1 aliphatic rings. The molecule has 0 bridgehead atoms. The number of nitrogens with two attached hydrogens (primary N) is 1. The van der Waals surface area contributed by atoms with Crippen LogP contribution in [0.3, 0.4) is 0 Å². The molecule has 2 amide bonds. The number of benzene rings is 1. The SMILES string of the molecule is COc1cc(C(C)C)c(Oc2cnc(NC(=O)N3CCC(N(C)C)CC3)nc2N)cc1I. The van der Waals surface area contributed by atoms with Gasteiger partial charge in [-0.3, -0.25) is 5.32 Å². The normalized spacial score (nSPS) is 14.7. The number of carbonyl (C=O) groups excluding carboxylic acids is 1. The number of halogens is 1. The van der Waals surface area contributed by atoms with Crippen LogP contribution in [0.25, 0.3) is 0 Å². The second-order valence-corrected chi connectivity index (χ2v) is 9.50. The summed E-state index contributed by atoms with van der Waals surface area (Å²) in [5, 5.41) is 2.74. The van der Waals surface area contributed by atoms with Crippen molar-refractivity contribution in [3.8, 4) is 17.2 Å². The Morgan fingerprint density at radius 1 is 1.25 bits per heavy atom. The monoisotopic (exact) mass is 554 g/mol. The number of ether oxygens (including phenoxy) is 2. The zero-order valence-corrected chi connectivity index (χ0v) is 21.3. The Hall–Kier alpha value is -2.34. The first-order valence-corrected chi connectivity index (χ1v) is 11.7. The van der Waals surface area contributed by atoms with Crippen LogP contribution in [0.5, 0.6) is 17.2 Å². The van der Waals surface area contributed by atoms with Crippen molar-refractivity contribution in [3.05, 3.63) is 27.5 Å². The average Bonchev–Trinajstić information content (AvgIpc) is 2.75. The Morgan fingerprint density at radius 3 is 2.50 bits per heavy atom. The maximum atomic E-state index is 12.6. The third-order valence-corrected chi connectivity index (χ3v) is 6.45. The summed E-state index contributed by atoms with van der Waals surface area (Å²) < 4.78 is 12.4. The fourth-order valence-electron chi connectivity index (χ4n) is 3.65. The number of amides is 2. The molecule has 32 heavy (non-hydrogen) atoms. The number of nitrogens with zero attached hydrogens (tertiary/aromatic N) is 4. The summed E-state index contributed by atoms with van der Waals surface area (Å²) in [5.41, 5.74) is 7.11. The average molecular weight is 554 g/mol. The molecule has 3 N–H and O–H groups in total. The number of nitrogen functional groups attached to an aromatic ring is 1. The molecular formula is C22H31IN6O3. The number of carbonyl (C=O) groups is 1. The van der Waals surface area contributed by atoms with Gasteiger partial charge in [0, 0.05) is 24.7 Å². The van der Waals surface area contributed by atoms with Crippen molar-refractivity contribution in [1.82, 2.24) is 19.8 Å². The predicted octanol–water partition coefficient (Wildman–Crippen LogP) is 4.15. The van der Waals surface area contributed by atoms with E-state index < -0.39 is 0 Å². The van der Waals surface area contributed by atoms with Gasteiger partial charge in [-0.2, -0.15) is 4.98 Å². The van der Waals surface area contributed by atoms with Gasteiger partial charge < -0.3 is 25.0 Å². The Kier molecular flexibility index (Phi) is 7.99. The lowest BCUT2D eigenvalue weighted by atomic mass is 10.0. The second-order valence-electron chi connectivity index (χ2n) is 8.34. The minimum Gasteiger partial charge on any atom is -0.496 e. The number of anilines is 2. The summed E-state index contributed by atoms with van der Waals surface area (Å²) in [6.45, 7) is 5.54. The molecule has 0 spiro atoms. The first kappa shape index (κ1) is 24.3. The van der Waals surface area contributed by atoms with Gasteiger partial charge in [-0.15, -0.1) is 0 Å². The summed E-state index contributed by atoms with van der Waals surface area (Å²) in [6.07, 6.45) is 3.36. The number of hydrogen-bond acceptors (Lipinski definition) is 7. The minimum absolute atomic E-state index is 0.155. The van der Waals surface area contributed by atoms with Gasteiger partial charge in [0.1, 0.15) is 11.5 Å². The molecule has 0 radical (unpaired) electrons. The van der Waals surface area contributed by atoms with Crippen molar-refractivity contribution in [2.24, 2.45) is 0 Å². The van der Waals surface area contributed by atoms with Crippen LogP contribution in [0.1, 0.15) is 38.2 Å². The van der Waals surface area contributed by atoms with Crippen LogP contribution < -0.4 is 20.5 Å². The number of methoxy groups -OCH3 is 1. The molecule has 1 aromatic carbocycles. The zero-order chi connectivity index (χ0) is 23.4. The van der Waals surface area contributed by atoms with E-state index in [9.17, 15) is 4.79 Å². The van der Waals surface area contributed by atoms with Gasteiger partial charge in [-0.1, -0.05) is 13.8 Å². The van der Waals surface area contributed by atoms with E-state index in [2.05, 4.69) is 70.7 Å². The van der Waals surface area contributed by atoms with Crippen LogP contribution in [0.2, 0.25) is 0 Å². The summed E-state index contributed by atoms with van der Waals surface area (Å²) in [5.74, 6) is 2.32. The van der Waals surface area contributed by atoms with E-state index in [1.807, 2.05) is 12.1 Å². The Labute approximate surface area is 202 Å². The number of nitrogens with one attached hydrogen (secondary N) is 1. The molecule has 1 aliphatic heterocycles. The second kappa shape index (κ2) is 10.5. The molecule has 174 valence electrons. The van der Waals surface area contributed by atoms with Crippen molar-refractivity contribution in [1.29, 1.82) is 0 Å². The van der Waals surface area contributed by atoms with Crippen LogP contribution in [-0.2, 0) is 0 Å². The fourth-order valence-corrected chi connectivity index (χ4v) is 4.31. The van der Waals surface area contributed by atoms with Gasteiger partial charge in [0.15, 0.2) is 11.6 Å². The predicted molar refractivity (Wildman–Crippen MR) is 134 cm³/mol. The molecule has 9 nitrogen and oxygen atoms in total. The van der Waals surface area contributed by atoms with Gasteiger partial charge in [0.2, 0.25) is 5.95 Å². The smallest absolute Gasteiger partial charge is 0.324 e. The van der Waals surface area contributed by atoms with E-state index in [4.69, 9.17) is 15.2 Å².